The first-order valence-electron chi connectivity index (χ1n) is 13.2. The van der Waals surface area contributed by atoms with Crippen molar-refractivity contribution in [2.24, 2.45) is 5.84 Å². The third kappa shape index (κ3) is 4.56. The molecule has 2 aromatic carbocycles. The number of halogens is 1. The number of rotatable bonds is 8. The summed E-state index contributed by atoms with van der Waals surface area (Å²) in [6.07, 6.45) is 8.06. The Labute approximate surface area is 232 Å². The van der Waals surface area contributed by atoms with Crippen molar-refractivity contribution in [2.45, 2.75) is 25.8 Å². The topological polar surface area (TPSA) is 73.1 Å². The van der Waals surface area contributed by atoms with Gasteiger partial charge in [0.15, 0.2) is 0 Å². The van der Waals surface area contributed by atoms with E-state index in [1.807, 2.05) is 95.1 Å². The van der Waals surface area contributed by atoms with Gasteiger partial charge in [-0.3, -0.25) is 4.39 Å². The molecule has 2 N–H and O–H groups in total. The Kier molecular flexibility index (Phi) is 6.48. The van der Waals surface area contributed by atoms with Crippen LogP contribution in [0.2, 0.25) is 0 Å². The fourth-order valence-electron chi connectivity index (χ4n) is 5.18. The van der Waals surface area contributed by atoms with Crippen molar-refractivity contribution in [1.82, 2.24) is 18.8 Å². The molecule has 0 fully saturated rings. The smallest absolute Gasteiger partial charge is 0.139 e. The average Bonchev–Trinajstić information content (AvgIpc) is 3.60. The highest BCUT2D eigenvalue weighted by Crippen LogP contribution is 2.35. The Bertz CT molecular complexity index is 1830. The molecule has 0 aliphatic carbocycles. The van der Waals surface area contributed by atoms with E-state index in [1.54, 1.807) is 12.1 Å². The molecule has 1 unspecified atom stereocenters. The predicted octanol–water partition coefficient (Wildman–Crippen LogP) is 6.59. The van der Waals surface area contributed by atoms with Gasteiger partial charge in [0, 0.05) is 48.4 Å². The van der Waals surface area contributed by atoms with Crippen LogP contribution < -0.4 is 15.6 Å². The molecule has 0 bridgehead atoms. The molecule has 8 heteroatoms. The molecule has 40 heavy (non-hydrogen) atoms. The molecule has 0 aliphatic rings. The van der Waals surface area contributed by atoms with Crippen LogP contribution in [-0.2, 0) is 5.54 Å². The zero-order valence-electron chi connectivity index (χ0n) is 22.8. The molecule has 0 amide bonds. The largest absolute Gasteiger partial charge is 0.497 e. The van der Waals surface area contributed by atoms with Gasteiger partial charge in [0.1, 0.15) is 17.0 Å². The van der Waals surface area contributed by atoms with Crippen molar-refractivity contribution in [3.63, 3.8) is 0 Å². The number of benzene rings is 2. The minimum Gasteiger partial charge on any atom is -0.497 e. The third-order valence-electron chi connectivity index (χ3n) is 7.60. The van der Waals surface area contributed by atoms with Gasteiger partial charge in [0.25, 0.3) is 0 Å². The fourth-order valence-corrected chi connectivity index (χ4v) is 5.18. The zero-order chi connectivity index (χ0) is 27.9. The lowest BCUT2D eigenvalue weighted by Gasteiger charge is -2.39. The molecule has 0 aliphatic heterocycles. The molecule has 6 aromatic rings. The van der Waals surface area contributed by atoms with Gasteiger partial charge in [-0.05, 0) is 55.8 Å². The number of nitrogens with two attached hydrogens (primary N) is 1. The number of hydrazine groups is 1. The van der Waals surface area contributed by atoms with Crippen LogP contribution in [0.3, 0.4) is 0 Å². The number of hydrogen-bond acceptors (Lipinski definition) is 5. The van der Waals surface area contributed by atoms with Crippen molar-refractivity contribution in [3.05, 3.63) is 109 Å². The van der Waals surface area contributed by atoms with Crippen molar-refractivity contribution in [1.29, 1.82) is 0 Å². The lowest BCUT2D eigenvalue weighted by atomic mass is 9.88. The van der Waals surface area contributed by atoms with Gasteiger partial charge in [-0.1, -0.05) is 35.9 Å². The van der Waals surface area contributed by atoms with Crippen LogP contribution in [0.15, 0.2) is 97.6 Å². The van der Waals surface area contributed by atoms with E-state index in [-0.39, 0.29) is 6.42 Å². The number of alkyl halides is 1. The summed E-state index contributed by atoms with van der Waals surface area (Å²) in [5.41, 5.74) is 7.18. The summed E-state index contributed by atoms with van der Waals surface area (Å²) in [6.45, 7) is 3.50. The van der Waals surface area contributed by atoms with E-state index in [2.05, 4.69) is 25.1 Å². The van der Waals surface area contributed by atoms with E-state index >= 15 is 0 Å². The minimum atomic E-state index is -0.827. The van der Waals surface area contributed by atoms with E-state index in [0.29, 0.717) is 0 Å². The van der Waals surface area contributed by atoms with Crippen LogP contribution in [0.5, 0.6) is 5.75 Å². The highest BCUT2D eigenvalue weighted by Gasteiger charge is 2.33. The third-order valence-corrected chi connectivity index (χ3v) is 7.60. The second-order valence-electron chi connectivity index (χ2n) is 10.3. The molecule has 4 heterocycles. The second kappa shape index (κ2) is 10.1. The number of fused-ring (bicyclic) bond motifs is 2. The summed E-state index contributed by atoms with van der Waals surface area (Å²) >= 11 is 0. The Morgan fingerprint density at radius 1 is 0.875 bits per heavy atom. The molecule has 1 atom stereocenters. The van der Waals surface area contributed by atoms with E-state index in [1.165, 1.54) is 5.56 Å². The standard InChI is InChI=1S/C32H31FN6O/c1-22-6-4-7-23(16-22)28-20-37-14-10-25(18-30(37)35-28)32(2,12-13-33)39(34)26-11-15-38-21-29(36-31(38)19-26)24-8-5-9-27(17-24)40-3/h4-11,14-21H,12-13,34H2,1-3H3. The summed E-state index contributed by atoms with van der Waals surface area (Å²) in [6, 6.07) is 23.9. The Morgan fingerprint density at radius 3 is 2.20 bits per heavy atom. The normalized spacial score (nSPS) is 13.0. The molecular weight excluding hydrogens is 503 g/mol. The summed E-state index contributed by atoms with van der Waals surface area (Å²) in [5.74, 6) is 7.55. The number of nitrogens with zero attached hydrogens (tertiary/aromatic N) is 5. The molecule has 4 aromatic heterocycles. The average molecular weight is 535 g/mol. The molecule has 0 saturated heterocycles. The van der Waals surface area contributed by atoms with Gasteiger partial charge < -0.3 is 18.5 Å². The van der Waals surface area contributed by atoms with Crippen molar-refractivity contribution in [2.75, 3.05) is 18.8 Å². The maximum absolute atomic E-state index is 14.0. The first-order chi connectivity index (χ1) is 19.4. The molecule has 0 radical (unpaired) electrons. The number of hydrogen-bond donors (Lipinski definition) is 1. The summed E-state index contributed by atoms with van der Waals surface area (Å²) < 4.78 is 23.3. The number of aryl methyl sites for hydroxylation is 1. The summed E-state index contributed by atoms with van der Waals surface area (Å²) in [4.78, 5) is 9.68. The second-order valence-corrected chi connectivity index (χ2v) is 10.3. The number of aromatic nitrogens is 4. The van der Waals surface area contributed by atoms with Crippen molar-refractivity contribution in [3.8, 4) is 28.3 Å². The molecular formula is C32H31FN6O. The van der Waals surface area contributed by atoms with Gasteiger partial charge in [-0.15, -0.1) is 0 Å². The van der Waals surface area contributed by atoms with Crippen LogP contribution in [0.1, 0.15) is 24.5 Å². The summed E-state index contributed by atoms with van der Waals surface area (Å²) in [7, 11) is 1.65. The number of pyridine rings is 2. The van der Waals surface area contributed by atoms with E-state index < -0.39 is 12.2 Å². The molecule has 202 valence electrons. The van der Waals surface area contributed by atoms with Gasteiger partial charge in [-0.2, -0.15) is 0 Å². The van der Waals surface area contributed by atoms with Crippen LogP contribution in [0, 0.1) is 6.92 Å². The molecule has 7 nitrogen and oxygen atoms in total. The molecule has 0 saturated carbocycles. The van der Waals surface area contributed by atoms with Crippen LogP contribution in [-0.4, -0.2) is 32.6 Å². The predicted molar refractivity (Wildman–Crippen MR) is 157 cm³/mol. The number of methoxy groups -OCH3 is 1. The van der Waals surface area contributed by atoms with Gasteiger partial charge in [-0.25, -0.2) is 15.8 Å². The number of ether oxygens (including phenoxy) is 1. The van der Waals surface area contributed by atoms with E-state index in [9.17, 15) is 4.39 Å². The first-order valence-corrected chi connectivity index (χ1v) is 13.2. The Balaban J connectivity index is 1.35. The molecule has 0 spiro atoms. The SMILES string of the molecule is COc1cccc(-c2cn3ccc(N(N)C(C)(CCF)c4ccn5cc(-c6cccc(C)c6)nc5c4)cc3n2)c1. The van der Waals surface area contributed by atoms with Crippen LogP contribution in [0.4, 0.5) is 10.1 Å². The van der Waals surface area contributed by atoms with Crippen molar-refractivity contribution < 1.29 is 9.13 Å². The quantitative estimate of drug-likeness (QED) is 0.176. The number of anilines is 1. The highest BCUT2D eigenvalue weighted by molar-refractivity contribution is 5.67. The minimum absolute atomic E-state index is 0.208. The highest BCUT2D eigenvalue weighted by atomic mass is 19.1. The fraction of sp³-hybridized carbons (Fsp3) is 0.188. The first kappa shape index (κ1) is 25.6. The Morgan fingerprint density at radius 2 is 1.52 bits per heavy atom. The van der Waals surface area contributed by atoms with Crippen LogP contribution >= 0.6 is 0 Å². The summed E-state index contributed by atoms with van der Waals surface area (Å²) in [5, 5.41) is 1.64. The monoisotopic (exact) mass is 534 g/mol. The number of imidazole rings is 2. The lowest BCUT2D eigenvalue weighted by molar-refractivity contribution is 0.342. The maximum Gasteiger partial charge on any atom is 0.139 e. The Hall–Kier alpha value is -4.69. The zero-order valence-corrected chi connectivity index (χ0v) is 22.8. The van der Waals surface area contributed by atoms with Crippen molar-refractivity contribution >= 4 is 17.0 Å². The van der Waals surface area contributed by atoms with Crippen LogP contribution in [0.25, 0.3) is 33.8 Å². The van der Waals surface area contributed by atoms with E-state index in [0.717, 1.165) is 50.8 Å². The lowest BCUT2D eigenvalue weighted by Crippen LogP contribution is -2.49. The van der Waals surface area contributed by atoms with Gasteiger partial charge >= 0.3 is 0 Å². The maximum atomic E-state index is 14.0. The molecule has 6 rings (SSSR count). The van der Waals surface area contributed by atoms with E-state index in [4.69, 9.17) is 20.5 Å². The van der Waals surface area contributed by atoms with Gasteiger partial charge in [0.05, 0.1) is 36.4 Å². The van der Waals surface area contributed by atoms with Gasteiger partial charge in [0.2, 0.25) is 0 Å².